The van der Waals surface area contributed by atoms with E-state index in [0.29, 0.717) is 18.9 Å². The minimum Gasteiger partial charge on any atom is -0.352 e. The lowest BCUT2D eigenvalue weighted by Gasteiger charge is -2.30. The van der Waals surface area contributed by atoms with Crippen LogP contribution in [-0.2, 0) is 9.59 Å². The lowest BCUT2D eigenvalue weighted by molar-refractivity contribution is -0.135. The van der Waals surface area contributed by atoms with Crippen LogP contribution < -0.4 is 5.32 Å². The zero-order valence-corrected chi connectivity index (χ0v) is 17.2. The second-order valence-electron chi connectivity index (χ2n) is 8.29. The molecule has 28 heavy (non-hydrogen) atoms. The van der Waals surface area contributed by atoms with Crippen LogP contribution in [0.25, 0.3) is 0 Å². The predicted octanol–water partition coefficient (Wildman–Crippen LogP) is 4.17. The van der Waals surface area contributed by atoms with E-state index in [2.05, 4.69) is 31.3 Å². The molecule has 1 aliphatic carbocycles. The van der Waals surface area contributed by atoms with Crippen LogP contribution in [0.15, 0.2) is 29.3 Å². The molecular weight excluding hydrogens is 350 g/mol. The molecule has 0 spiro atoms. The van der Waals surface area contributed by atoms with Crippen LogP contribution in [0.4, 0.5) is 5.69 Å². The summed E-state index contributed by atoms with van der Waals surface area (Å²) in [5, 5.41) is 3.18. The summed E-state index contributed by atoms with van der Waals surface area (Å²) in [5.74, 6) is 0.503. The van der Waals surface area contributed by atoms with E-state index in [0.717, 1.165) is 56.3 Å². The minimum absolute atomic E-state index is 0.0191. The van der Waals surface area contributed by atoms with Gasteiger partial charge >= 0.3 is 0 Å². The maximum Gasteiger partial charge on any atom is 0.239 e. The van der Waals surface area contributed by atoms with Gasteiger partial charge in [-0.2, -0.15) is 0 Å². The second kappa shape index (κ2) is 9.85. The molecule has 1 heterocycles. The van der Waals surface area contributed by atoms with Gasteiger partial charge in [-0.25, -0.2) is 0 Å². The van der Waals surface area contributed by atoms with E-state index >= 15 is 0 Å². The molecule has 2 aliphatic rings. The number of carbonyl (C=O) groups is 2. The minimum atomic E-state index is -0.0191. The van der Waals surface area contributed by atoms with E-state index < -0.39 is 0 Å². The number of nitrogens with one attached hydrogen (secondary N) is 1. The summed E-state index contributed by atoms with van der Waals surface area (Å²) in [7, 11) is 0. The highest BCUT2D eigenvalue weighted by Crippen LogP contribution is 2.28. The molecule has 2 amide bonds. The fraction of sp³-hybridized carbons (Fsp3) is 0.609. The van der Waals surface area contributed by atoms with Crippen molar-refractivity contribution in [3.05, 3.63) is 29.8 Å². The van der Waals surface area contributed by atoms with E-state index in [9.17, 15) is 9.59 Å². The number of para-hydroxylation sites is 1. The number of likely N-dealkylation sites (tertiary alicyclic amines) is 1. The van der Waals surface area contributed by atoms with Gasteiger partial charge in [-0.3, -0.25) is 14.6 Å². The van der Waals surface area contributed by atoms with Crippen LogP contribution in [0.5, 0.6) is 0 Å². The first-order valence-corrected chi connectivity index (χ1v) is 10.7. The SMILES string of the molecule is CC(=Nc1ccccc1C)C1CCCC(NC(=O)CN2CCCCCC2=O)C1. The van der Waals surface area contributed by atoms with E-state index in [1.165, 1.54) is 5.56 Å². The predicted molar refractivity (Wildman–Crippen MR) is 113 cm³/mol. The van der Waals surface area contributed by atoms with Gasteiger partial charge in [-0.1, -0.05) is 31.0 Å². The molecule has 0 aromatic heterocycles. The highest BCUT2D eigenvalue weighted by molar-refractivity contribution is 5.88. The van der Waals surface area contributed by atoms with E-state index in [1.807, 2.05) is 12.1 Å². The van der Waals surface area contributed by atoms with Crippen molar-refractivity contribution in [3.63, 3.8) is 0 Å². The summed E-state index contributed by atoms with van der Waals surface area (Å²) >= 11 is 0. The normalized spacial score (nSPS) is 24.0. The number of nitrogens with zero attached hydrogens (tertiary/aromatic N) is 2. The van der Waals surface area contributed by atoms with Crippen LogP contribution >= 0.6 is 0 Å². The van der Waals surface area contributed by atoms with Gasteiger partial charge in [0.25, 0.3) is 0 Å². The quantitative estimate of drug-likeness (QED) is 0.776. The van der Waals surface area contributed by atoms with Crippen LogP contribution in [0.3, 0.4) is 0 Å². The Morgan fingerprint density at radius 3 is 2.82 bits per heavy atom. The first kappa shape index (κ1) is 20.6. The zero-order chi connectivity index (χ0) is 19.9. The van der Waals surface area contributed by atoms with Crippen LogP contribution in [0.2, 0.25) is 0 Å². The van der Waals surface area contributed by atoms with Crippen molar-refractivity contribution in [1.82, 2.24) is 10.2 Å². The highest BCUT2D eigenvalue weighted by Gasteiger charge is 2.26. The monoisotopic (exact) mass is 383 g/mol. The number of hydrogen-bond acceptors (Lipinski definition) is 3. The molecule has 1 aromatic rings. The Hall–Kier alpha value is -2.17. The number of hydrogen-bond donors (Lipinski definition) is 1. The Bertz CT molecular complexity index is 728. The molecule has 2 unspecified atom stereocenters. The van der Waals surface area contributed by atoms with Crippen molar-refractivity contribution in [2.75, 3.05) is 13.1 Å². The molecule has 5 heteroatoms. The maximum atomic E-state index is 12.5. The summed E-state index contributed by atoms with van der Waals surface area (Å²) in [6.45, 7) is 5.11. The molecule has 2 fully saturated rings. The molecule has 1 saturated carbocycles. The Morgan fingerprint density at radius 2 is 2.00 bits per heavy atom. The molecule has 1 aliphatic heterocycles. The van der Waals surface area contributed by atoms with Crippen molar-refractivity contribution in [1.29, 1.82) is 0 Å². The van der Waals surface area contributed by atoms with Gasteiger partial charge in [-0.05, 0) is 63.5 Å². The second-order valence-corrected chi connectivity index (χ2v) is 8.29. The fourth-order valence-corrected chi connectivity index (χ4v) is 4.32. The first-order chi connectivity index (χ1) is 13.5. The Kier molecular flexibility index (Phi) is 7.24. The molecule has 1 N–H and O–H groups in total. The third kappa shape index (κ3) is 5.66. The van der Waals surface area contributed by atoms with E-state index in [4.69, 9.17) is 4.99 Å². The third-order valence-electron chi connectivity index (χ3n) is 6.05. The van der Waals surface area contributed by atoms with Crippen molar-refractivity contribution < 1.29 is 9.59 Å². The van der Waals surface area contributed by atoms with Crippen LogP contribution in [0, 0.1) is 12.8 Å². The first-order valence-electron chi connectivity index (χ1n) is 10.7. The molecule has 2 atom stereocenters. The number of amides is 2. The van der Waals surface area contributed by atoms with Gasteiger partial charge in [0.15, 0.2) is 0 Å². The maximum absolute atomic E-state index is 12.5. The zero-order valence-electron chi connectivity index (χ0n) is 17.2. The average Bonchev–Trinajstić information content (AvgIpc) is 2.88. The molecule has 5 nitrogen and oxygen atoms in total. The fourth-order valence-electron chi connectivity index (χ4n) is 4.32. The third-order valence-corrected chi connectivity index (χ3v) is 6.05. The molecule has 0 radical (unpaired) electrons. The number of aryl methyl sites for hydroxylation is 1. The summed E-state index contributed by atoms with van der Waals surface area (Å²) in [4.78, 5) is 31.2. The topological polar surface area (TPSA) is 61.8 Å². The van der Waals surface area contributed by atoms with Gasteiger partial charge in [0.2, 0.25) is 11.8 Å². The van der Waals surface area contributed by atoms with Crippen molar-refractivity contribution in [2.45, 2.75) is 71.3 Å². The van der Waals surface area contributed by atoms with Crippen LogP contribution in [0.1, 0.15) is 63.9 Å². The lowest BCUT2D eigenvalue weighted by atomic mass is 9.83. The summed E-state index contributed by atoms with van der Waals surface area (Å²) in [5.41, 5.74) is 3.37. The number of aliphatic imine (C=N–C) groups is 1. The summed E-state index contributed by atoms with van der Waals surface area (Å²) < 4.78 is 0. The van der Waals surface area contributed by atoms with Gasteiger partial charge in [0.05, 0.1) is 12.2 Å². The van der Waals surface area contributed by atoms with Crippen molar-refractivity contribution in [2.24, 2.45) is 10.9 Å². The number of benzene rings is 1. The molecule has 3 rings (SSSR count). The van der Waals surface area contributed by atoms with E-state index in [1.54, 1.807) is 4.90 Å². The Labute approximate surface area is 168 Å². The standard InChI is InChI=1S/C23H33N3O2/c1-17-9-5-6-12-21(17)24-18(2)19-10-8-11-20(15-19)25-22(27)16-26-14-7-3-4-13-23(26)28/h5-6,9,12,19-20H,3-4,7-8,10-11,13-16H2,1-2H3,(H,25,27). The Balaban J connectivity index is 1.55. The lowest BCUT2D eigenvalue weighted by Crippen LogP contribution is -2.45. The van der Waals surface area contributed by atoms with Gasteiger partial charge < -0.3 is 10.2 Å². The summed E-state index contributed by atoms with van der Waals surface area (Å²) in [6.07, 6.45) is 7.76. The average molecular weight is 384 g/mol. The molecule has 1 saturated heterocycles. The van der Waals surface area contributed by atoms with Crippen molar-refractivity contribution in [3.8, 4) is 0 Å². The van der Waals surface area contributed by atoms with Crippen molar-refractivity contribution >= 4 is 23.2 Å². The van der Waals surface area contributed by atoms with Gasteiger partial charge in [0.1, 0.15) is 0 Å². The van der Waals surface area contributed by atoms with Crippen LogP contribution in [-0.4, -0.2) is 41.6 Å². The number of carbonyl (C=O) groups excluding carboxylic acids is 2. The molecule has 0 bridgehead atoms. The number of rotatable bonds is 5. The van der Waals surface area contributed by atoms with Gasteiger partial charge in [0, 0.05) is 24.7 Å². The molecular formula is C23H33N3O2. The summed E-state index contributed by atoms with van der Waals surface area (Å²) in [6, 6.07) is 8.37. The smallest absolute Gasteiger partial charge is 0.239 e. The largest absolute Gasteiger partial charge is 0.352 e. The molecule has 152 valence electrons. The molecule has 1 aromatic carbocycles. The van der Waals surface area contributed by atoms with E-state index in [-0.39, 0.29) is 24.4 Å². The van der Waals surface area contributed by atoms with Gasteiger partial charge in [-0.15, -0.1) is 0 Å². The highest BCUT2D eigenvalue weighted by atomic mass is 16.2. The Morgan fingerprint density at radius 1 is 1.18 bits per heavy atom.